The van der Waals surface area contributed by atoms with Crippen LogP contribution in [0.5, 0.6) is 0 Å². The molecule has 0 heterocycles. The molecule has 0 amide bonds. The predicted octanol–water partition coefficient (Wildman–Crippen LogP) is 8.80. The summed E-state index contributed by atoms with van der Waals surface area (Å²) in [6.07, 6.45) is 17.8. The Kier molecular flexibility index (Phi) is 35.3. The molecule has 0 fully saturated rings. The third kappa shape index (κ3) is 27.3. The van der Waals surface area contributed by atoms with E-state index < -0.39 is 8.32 Å². The van der Waals surface area contributed by atoms with E-state index in [1.807, 2.05) is 0 Å². The fourth-order valence-corrected chi connectivity index (χ4v) is 11.6. The Balaban J connectivity index is 1.25. The molecule has 0 saturated carbocycles. The van der Waals surface area contributed by atoms with E-state index >= 15 is 0 Å². The molecule has 0 atom stereocenters. The zero-order chi connectivity index (χ0) is 42.9. The van der Waals surface area contributed by atoms with Crippen molar-refractivity contribution in [3.8, 4) is 0 Å². The van der Waals surface area contributed by atoms with Gasteiger partial charge in [0.05, 0.1) is 119 Å². The molecule has 0 aliphatic rings. The van der Waals surface area contributed by atoms with Gasteiger partial charge in [-0.25, -0.2) is 0 Å². The van der Waals surface area contributed by atoms with Crippen molar-refractivity contribution < 1.29 is 47.1 Å². The molecule has 0 aromatic heterocycles. The van der Waals surface area contributed by atoms with Crippen LogP contribution < -0.4 is 10.4 Å². The Morgan fingerprint density at radius 3 is 0.850 bits per heavy atom. The molecule has 10 nitrogen and oxygen atoms in total. The molecule has 60 heavy (non-hydrogen) atoms. The predicted molar refractivity (Wildman–Crippen MR) is 247 cm³/mol. The summed E-state index contributed by atoms with van der Waals surface area (Å²) in [6.45, 7) is 19.6. The first kappa shape index (κ1) is 54.4. The van der Waals surface area contributed by atoms with Gasteiger partial charge in [0.1, 0.15) is 0 Å². The van der Waals surface area contributed by atoms with E-state index in [4.69, 9.17) is 47.1 Å². The minimum atomic E-state index is -2.54. The lowest BCUT2D eigenvalue weighted by atomic mass is 10.0. The van der Waals surface area contributed by atoms with Crippen molar-refractivity contribution in [2.75, 3.05) is 126 Å². The molecule has 0 aliphatic carbocycles. The van der Waals surface area contributed by atoms with E-state index in [1.165, 1.54) is 87.4 Å². The Hall–Kier alpha value is -1.74. The quantitative estimate of drug-likeness (QED) is 0.0476. The third-order valence-corrected chi connectivity index (χ3v) is 15.4. The van der Waals surface area contributed by atoms with Crippen molar-refractivity contribution in [1.82, 2.24) is 0 Å². The van der Waals surface area contributed by atoms with Gasteiger partial charge in [-0.2, -0.15) is 0 Å². The van der Waals surface area contributed by atoms with Crippen LogP contribution in [-0.4, -0.2) is 134 Å². The van der Waals surface area contributed by atoms with Gasteiger partial charge in [0.15, 0.2) is 0 Å². The fourth-order valence-electron chi connectivity index (χ4n) is 7.10. The molecule has 0 N–H and O–H groups in total. The molecular formula is C49H86O10Si. The van der Waals surface area contributed by atoms with Crippen LogP contribution in [-0.2, 0) is 47.1 Å². The van der Waals surface area contributed by atoms with Gasteiger partial charge in [-0.05, 0) is 21.8 Å². The molecule has 11 heteroatoms. The van der Waals surface area contributed by atoms with Crippen LogP contribution >= 0.6 is 0 Å². The van der Waals surface area contributed by atoms with Gasteiger partial charge in [0, 0.05) is 6.61 Å². The molecule has 2 rings (SSSR count). The Morgan fingerprint density at radius 2 is 0.567 bits per heavy atom. The van der Waals surface area contributed by atoms with Crippen molar-refractivity contribution in [3.05, 3.63) is 60.7 Å². The van der Waals surface area contributed by atoms with E-state index in [0.717, 1.165) is 13.0 Å². The molecule has 0 radical (unpaired) electrons. The second kappa shape index (κ2) is 38.9. The first-order chi connectivity index (χ1) is 29.5. The summed E-state index contributed by atoms with van der Waals surface area (Å²) in [5.41, 5.74) is 0. The molecule has 0 unspecified atom stereocenters. The summed E-state index contributed by atoms with van der Waals surface area (Å²) in [6, 6.07) is 21.3. The van der Waals surface area contributed by atoms with Crippen LogP contribution in [0, 0.1) is 0 Å². The van der Waals surface area contributed by atoms with Gasteiger partial charge < -0.3 is 47.1 Å². The summed E-state index contributed by atoms with van der Waals surface area (Å²) >= 11 is 0. The number of rotatable bonds is 44. The number of unbranched alkanes of at least 4 members (excludes halogenated alkanes) is 12. The molecule has 0 saturated heterocycles. The zero-order valence-corrected chi connectivity index (χ0v) is 39.5. The summed E-state index contributed by atoms with van der Waals surface area (Å²) < 4.78 is 57.6. The van der Waals surface area contributed by atoms with Gasteiger partial charge in [0.25, 0.3) is 8.32 Å². The number of benzene rings is 2. The van der Waals surface area contributed by atoms with Gasteiger partial charge in [-0.3, -0.25) is 0 Å². The Labute approximate surface area is 367 Å². The standard InChI is InChI=1S/C49H86O10Si/c1-5-6-7-8-9-10-11-12-13-14-15-16-23-28-50-29-30-51-31-32-52-33-34-53-35-36-54-37-38-55-39-40-56-41-42-57-43-44-58-45-46-59-60(49(2,3)4,47-24-19-17-20-25-47)48-26-21-18-22-27-48/h17-22,24-27H,5-16,23,28-46H2,1-4H3. The fraction of sp³-hybridized carbons (Fsp3) is 0.755. The summed E-state index contributed by atoms with van der Waals surface area (Å²) in [4.78, 5) is 0. The Morgan fingerprint density at radius 1 is 0.317 bits per heavy atom. The second-order valence-corrected chi connectivity index (χ2v) is 20.6. The summed E-state index contributed by atoms with van der Waals surface area (Å²) in [5, 5.41) is 2.49. The number of ether oxygens (including phenoxy) is 9. The van der Waals surface area contributed by atoms with E-state index in [9.17, 15) is 0 Å². The molecule has 0 spiro atoms. The first-order valence-corrected chi connectivity index (χ1v) is 25.4. The SMILES string of the molecule is CCCCCCCCCCCCCCCOCCOCCOCCOCCOCCOCCOCCOCCOCCO[Si](c1ccccc1)(c1ccccc1)C(C)(C)C. The summed E-state index contributed by atoms with van der Waals surface area (Å²) in [5.74, 6) is 0. The first-order valence-electron chi connectivity index (χ1n) is 23.5. The lowest BCUT2D eigenvalue weighted by Gasteiger charge is -2.43. The van der Waals surface area contributed by atoms with Crippen molar-refractivity contribution >= 4 is 18.7 Å². The normalized spacial score (nSPS) is 12.1. The molecular weight excluding hydrogens is 777 g/mol. The van der Waals surface area contributed by atoms with Gasteiger partial charge >= 0.3 is 0 Å². The minimum absolute atomic E-state index is 0.0532. The van der Waals surface area contributed by atoms with Crippen LogP contribution in [0.15, 0.2) is 60.7 Å². The van der Waals surface area contributed by atoms with Crippen molar-refractivity contribution in [3.63, 3.8) is 0 Å². The molecule has 346 valence electrons. The topological polar surface area (TPSA) is 92.3 Å². The van der Waals surface area contributed by atoms with Crippen molar-refractivity contribution in [2.24, 2.45) is 0 Å². The highest BCUT2D eigenvalue weighted by atomic mass is 28.4. The van der Waals surface area contributed by atoms with Crippen LogP contribution in [0.3, 0.4) is 0 Å². The van der Waals surface area contributed by atoms with E-state index in [2.05, 4.69) is 88.4 Å². The minimum Gasteiger partial charge on any atom is -0.405 e. The van der Waals surface area contributed by atoms with Crippen LogP contribution in [0.1, 0.15) is 111 Å². The zero-order valence-electron chi connectivity index (χ0n) is 38.5. The smallest absolute Gasteiger partial charge is 0.261 e. The van der Waals surface area contributed by atoms with Crippen LogP contribution in [0.2, 0.25) is 5.04 Å². The highest BCUT2D eigenvalue weighted by Crippen LogP contribution is 2.36. The lowest BCUT2D eigenvalue weighted by Crippen LogP contribution is -2.66. The molecule has 0 aliphatic heterocycles. The van der Waals surface area contributed by atoms with Gasteiger partial charge in [0.2, 0.25) is 0 Å². The maximum absolute atomic E-state index is 6.86. The summed E-state index contributed by atoms with van der Waals surface area (Å²) in [7, 11) is -2.54. The monoisotopic (exact) mass is 863 g/mol. The lowest BCUT2D eigenvalue weighted by molar-refractivity contribution is -0.0254. The maximum atomic E-state index is 6.86. The molecule has 2 aromatic carbocycles. The van der Waals surface area contributed by atoms with Crippen LogP contribution in [0.25, 0.3) is 0 Å². The van der Waals surface area contributed by atoms with Crippen molar-refractivity contribution in [2.45, 2.75) is 116 Å². The number of hydrogen-bond acceptors (Lipinski definition) is 10. The highest BCUT2D eigenvalue weighted by molar-refractivity contribution is 6.99. The van der Waals surface area contributed by atoms with Gasteiger partial charge in [-0.15, -0.1) is 0 Å². The second-order valence-electron chi connectivity index (χ2n) is 16.3. The van der Waals surface area contributed by atoms with E-state index in [-0.39, 0.29) is 5.04 Å². The van der Waals surface area contributed by atoms with E-state index in [0.29, 0.717) is 119 Å². The average molecular weight is 863 g/mol. The maximum Gasteiger partial charge on any atom is 0.261 e. The number of hydrogen-bond donors (Lipinski definition) is 0. The Bertz CT molecular complexity index is 1130. The molecule has 2 aromatic rings. The highest BCUT2D eigenvalue weighted by Gasteiger charge is 2.50. The van der Waals surface area contributed by atoms with Gasteiger partial charge in [-0.1, -0.05) is 165 Å². The third-order valence-electron chi connectivity index (χ3n) is 10.3. The van der Waals surface area contributed by atoms with Crippen molar-refractivity contribution in [1.29, 1.82) is 0 Å². The largest absolute Gasteiger partial charge is 0.405 e. The molecule has 0 bridgehead atoms. The average Bonchev–Trinajstić information content (AvgIpc) is 3.25. The van der Waals surface area contributed by atoms with Crippen LogP contribution in [0.4, 0.5) is 0 Å². The van der Waals surface area contributed by atoms with E-state index in [1.54, 1.807) is 0 Å².